The third-order valence-electron chi connectivity index (χ3n) is 4.57. The summed E-state index contributed by atoms with van der Waals surface area (Å²) in [5, 5.41) is 2.87. The lowest BCUT2D eigenvalue weighted by Crippen LogP contribution is -2.34. The van der Waals surface area contributed by atoms with Crippen LogP contribution in [0.25, 0.3) is 10.9 Å². The average Bonchev–Trinajstić information content (AvgIpc) is 2.91. The van der Waals surface area contributed by atoms with Gasteiger partial charge in [-0.2, -0.15) is 0 Å². The van der Waals surface area contributed by atoms with Crippen molar-refractivity contribution in [2.24, 2.45) is 0 Å². The first-order valence-corrected chi connectivity index (χ1v) is 9.13. The van der Waals surface area contributed by atoms with E-state index in [0.717, 1.165) is 29.2 Å². The molecule has 0 bridgehead atoms. The van der Waals surface area contributed by atoms with Crippen molar-refractivity contribution >= 4 is 51.5 Å². The van der Waals surface area contributed by atoms with Crippen LogP contribution < -0.4 is 0 Å². The zero-order valence-electron chi connectivity index (χ0n) is 13.3. The van der Waals surface area contributed by atoms with Gasteiger partial charge in [-0.25, -0.2) is 0 Å². The molecule has 0 aliphatic carbocycles. The molecule has 1 N–H and O–H groups in total. The van der Waals surface area contributed by atoms with Crippen molar-refractivity contribution in [1.82, 2.24) is 9.88 Å². The Balaban J connectivity index is 1.54. The number of Topliss-reactive ketones (excluding diaryl/α,β-unsaturated/α-hetero) is 1. The van der Waals surface area contributed by atoms with E-state index in [1.807, 2.05) is 18.2 Å². The average molecular weight is 394 g/mol. The number of carbonyl (C=O) groups excluding carboxylic acids is 1. The molecule has 1 aliphatic heterocycles. The molecule has 1 aliphatic rings. The van der Waals surface area contributed by atoms with Crippen LogP contribution >= 0.6 is 34.8 Å². The van der Waals surface area contributed by atoms with Crippen LogP contribution in [0.1, 0.15) is 21.6 Å². The van der Waals surface area contributed by atoms with Crippen LogP contribution in [0, 0.1) is 0 Å². The smallest absolute Gasteiger partial charge is 0.176 e. The van der Waals surface area contributed by atoms with Crippen LogP contribution in [0.15, 0.2) is 36.4 Å². The Morgan fingerprint density at radius 3 is 2.56 bits per heavy atom. The zero-order valence-corrected chi connectivity index (χ0v) is 15.5. The van der Waals surface area contributed by atoms with Crippen molar-refractivity contribution in [2.75, 3.05) is 13.1 Å². The number of halogens is 3. The first kappa shape index (κ1) is 16.9. The zero-order chi connectivity index (χ0) is 17.6. The number of nitrogens with one attached hydrogen (secondary N) is 1. The van der Waals surface area contributed by atoms with E-state index in [9.17, 15) is 4.79 Å². The lowest BCUT2D eigenvalue weighted by molar-refractivity contribution is 0.0921. The fourth-order valence-corrected chi connectivity index (χ4v) is 4.11. The summed E-state index contributed by atoms with van der Waals surface area (Å²) in [5.74, 6) is 0.0204. The molecule has 1 aromatic heterocycles. The highest BCUT2D eigenvalue weighted by Gasteiger charge is 2.22. The summed E-state index contributed by atoms with van der Waals surface area (Å²) in [5.41, 5.74) is 4.09. The summed E-state index contributed by atoms with van der Waals surface area (Å²) in [6, 6.07) is 10.8. The maximum absolute atomic E-state index is 12.6. The van der Waals surface area contributed by atoms with Crippen LogP contribution in [0.2, 0.25) is 15.1 Å². The number of carbonyl (C=O) groups is 1. The first-order valence-electron chi connectivity index (χ1n) is 8.00. The number of fused-ring (bicyclic) bond motifs is 3. The Kier molecular flexibility index (Phi) is 4.50. The second kappa shape index (κ2) is 6.65. The van der Waals surface area contributed by atoms with Gasteiger partial charge in [-0.3, -0.25) is 9.69 Å². The molecule has 3 nitrogen and oxygen atoms in total. The van der Waals surface area contributed by atoms with E-state index in [4.69, 9.17) is 34.8 Å². The number of aromatic nitrogens is 1. The Labute approximate surface area is 160 Å². The van der Waals surface area contributed by atoms with Crippen molar-refractivity contribution in [3.63, 3.8) is 0 Å². The Morgan fingerprint density at radius 2 is 1.80 bits per heavy atom. The molecule has 2 aromatic carbocycles. The largest absolute Gasteiger partial charge is 0.357 e. The summed E-state index contributed by atoms with van der Waals surface area (Å²) in [7, 11) is 0. The SMILES string of the molecule is O=C(CN1CCc2c([nH]c3ccc(Cl)cc23)C1)c1cc(Cl)cc(Cl)c1. The minimum absolute atomic E-state index is 0.0204. The molecule has 25 heavy (non-hydrogen) atoms. The van der Waals surface area contributed by atoms with Gasteiger partial charge < -0.3 is 4.98 Å². The third kappa shape index (κ3) is 3.42. The van der Waals surface area contributed by atoms with Crippen LogP contribution in [0.3, 0.4) is 0 Å². The van der Waals surface area contributed by atoms with Crippen LogP contribution in [0.4, 0.5) is 0 Å². The molecule has 6 heteroatoms. The third-order valence-corrected chi connectivity index (χ3v) is 5.24. The molecular weight excluding hydrogens is 379 g/mol. The lowest BCUT2D eigenvalue weighted by Gasteiger charge is -2.26. The van der Waals surface area contributed by atoms with E-state index in [0.29, 0.717) is 28.7 Å². The van der Waals surface area contributed by atoms with Gasteiger partial charge >= 0.3 is 0 Å². The standard InChI is InChI=1S/C19H15Cl3N2O/c20-12-1-2-17-16(8-12)15-3-4-24(9-18(15)23-17)10-19(25)11-5-13(21)7-14(22)6-11/h1-2,5-8,23H,3-4,9-10H2. The van der Waals surface area contributed by atoms with Crippen LogP contribution in [-0.4, -0.2) is 28.8 Å². The second-order valence-corrected chi connectivity index (χ2v) is 7.62. The fraction of sp³-hybridized carbons (Fsp3) is 0.211. The molecule has 2 heterocycles. The predicted molar refractivity (Wildman–Crippen MR) is 103 cm³/mol. The highest BCUT2D eigenvalue weighted by molar-refractivity contribution is 6.35. The minimum atomic E-state index is 0.0204. The summed E-state index contributed by atoms with van der Waals surface area (Å²) < 4.78 is 0. The first-order chi connectivity index (χ1) is 12.0. The molecule has 0 atom stereocenters. The Hall–Kier alpha value is -1.52. The number of hydrogen-bond donors (Lipinski definition) is 1. The Bertz CT molecular complexity index is 960. The highest BCUT2D eigenvalue weighted by atomic mass is 35.5. The molecule has 4 rings (SSSR count). The molecular formula is C19H15Cl3N2O. The van der Waals surface area contributed by atoms with E-state index in [-0.39, 0.29) is 5.78 Å². The van der Waals surface area contributed by atoms with Crippen molar-refractivity contribution in [3.8, 4) is 0 Å². The number of ketones is 1. The van der Waals surface area contributed by atoms with E-state index < -0.39 is 0 Å². The lowest BCUT2D eigenvalue weighted by atomic mass is 10.0. The molecule has 0 unspecified atom stereocenters. The molecule has 0 radical (unpaired) electrons. The van der Waals surface area contributed by atoms with E-state index in [1.54, 1.807) is 18.2 Å². The highest BCUT2D eigenvalue weighted by Crippen LogP contribution is 2.29. The van der Waals surface area contributed by atoms with Gasteiger partial charge in [0.1, 0.15) is 0 Å². The van der Waals surface area contributed by atoms with Gasteiger partial charge in [0.05, 0.1) is 6.54 Å². The number of aromatic amines is 1. The number of hydrogen-bond acceptors (Lipinski definition) is 2. The van der Waals surface area contributed by atoms with E-state index >= 15 is 0 Å². The molecule has 0 fully saturated rings. The van der Waals surface area contributed by atoms with Crippen LogP contribution in [-0.2, 0) is 13.0 Å². The normalized spacial score (nSPS) is 14.7. The second-order valence-electron chi connectivity index (χ2n) is 6.31. The molecule has 128 valence electrons. The van der Waals surface area contributed by atoms with Gasteiger partial charge in [-0.15, -0.1) is 0 Å². The summed E-state index contributed by atoms with van der Waals surface area (Å²) >= 11 is 18.1. The van der Waals surface area contributed by atoms with Crippen LogP contribution in [0.5, 0.6) is 0 Å². The molecule has 3 aromatic rings. The van der Waals surface area contributed by atoms with Gasteiger partial charge in [-0.05, 0) is 48.4 Å². The number of nitrogens with zero attached hydrogens (tertiary/aromatic N) is 1. The van der Waals surface area contributed by atoms with Crippen molar-refractivity contribution in [2.45, 2.75) is 13.0 Å². The van der Waals surface area contributed by atoms with Gasteiger partial charge in [0.25, 0.3) is 0 Å². The number of H-pyrrole nitrogens is 1. The van der Waals surface area contributed by atoms with Gasteiger partial charge in [0.2, 0.25) is 0 Å². The molecule has 0 saturated heterocycles. The quantitative estimate of drug-likeness (QED) is 0.607. The summed E-state index contributed by atoms with van der Waals surface area (Å²) in [6.07, 6.45) is 0.888. The molecule has 0 saturated carbocycles. The van der Waals surface area contributed by atoms with Gasteiger partial charge in [-0.1, -0.05) is 34.8 Å². The van der Waals surface area contributed by atoms with Gasteiger partial charge in [0.15, 0.2) is 5.78 Å². The maximum atomic E-state index is 12.6. The van der Waals surface area contributed by atoms with Crippen molar-refractivity contribution < 1.29 is 4.79 Å². The van der Waals surface area contributed by atoms with E-state index in [1.165, 1.54) is 10.9 Å². The summed E-state index contributed by atoms with van der Waals surface area (Å²) in [4.78, 5) is 18.1. The maximum Gasteiger partial charge on any atom is 0.176 e. The Morgan fingerprint density at radius 1 is 1.04 bits per heavy atom. The predicted octanol–water partition coefficient (Wildman–Crippen LogP) is 5.37. The van der Waals surface area contributed by atoms with Gasteiger partial charge in [0, 0.05) is 50.3 Å². The topological polar surface area (TPSA) is 36.1 Å². The molecule has 0 spiro atoms. The summed E-state index contributed by atoms with van der Waals surface area (Å²) in [6.45, 7) is 1.88. The fourth-order valence-electron chi connectivity index (χ4n) is 3.41. The minimum Gasteiger partial charge on any atom is -0.357 e. The van der Waals surface area contributed by atoms with Crippen molar-refractivity contribution in [1.29, 1.82) is 0 Å². The molecule has 0 amide bonds. The van der Waals surface area contributed by atoms with Crippen molar-refractivity contribution in [3.05, 3.63) is 68.3 Å². The monoisotopic (exact) mass is 392 g/mol. The number of benzene rings is 2. The van der Waals surface area contributed by atoms with E-state index in [2.05, 4.69) is 9.88 Å². The number of rotatable bonds is 3.